The second-order valence-electron chi connectivity index (χ2n) is 6.18. The van der Waals surface area contributed by atoms with Gasteiger partial charge in [-0.3, -0.25) is 4.79 Å². The molecule has 9 heteroatoms. The predicted octanol–water partition coefficient (Wildman–Crippen LogP) is 7.60. The molecular weight excluding hydrogens is 463 g/mol. The first kappa shape index (κ1) is 35.6. The van der Waals surface area contributed by atoms with Gasteiger partial charge >= 0.3 is 6.18 Å². The summed E-state index contributed by atoms with van der Waals surface area (Å²) in [6, 6.07) is 3.83. The van der Waals surface area contributed by atoms with Crippen LogP contribution in [0.2, 0.25) is 0 Å². The molecule has 0 N–H and O–H groups in total. The Morgan fingerprint density at radius 3 is 2.21 bits per heavy atom. The lowest BCUT2D eigenvalue weighted by molar-refractivity contribution is -0.137. The standard InChI is InChI=1S/C13H12F3N3S.C5H6.C4H8O2.C2H6.CH4/c1-3-4-19-8-17-12(18-19)9-5-10(13(14,15)16)7-11(6-9)20-2;1-4-5(2)3;1-4(2)6-3-5;1-2;/h3-8H,1-2H3;1H,2H2,3H3;3-4H,1-2H3;1-2H3;1H4/b4-3-;;;;. The Bertz CT molecular complexity index is 915. The van der Waals surface area contributed by atoms with E-state index >= 15 is 0 Å². The highest BCUT2D eigenvalue weighted by molar-refractivity contribution is 7.98. The van der Waals surface area contributed by atoms with E-state index in [-0.39, 0.29) is 19.4 Å². The zero-order valence-electron chi connectivity index (χ0n) is 20.1. The Balaban J connectivity index is -0.000000573. The molecule has 0 aliphatic heterocycles. The third kappa shape index (κ3) is 15.8. The zero-order valence-corrected chi connectivity index (χ0v) is 20.9. The molecule has 0 saturated heterocycles. The van der Waals surface area contributed by atoms with Crippen LogP contribution in [-0.2, 0) is 15.7 Å². The van der Waals surface area contributed by atoms with E-state index < -0.39 is 11.7 Å². The second kappa shape index (κ2) is 19.5. The Hall–Kier alpha value is -2.99. The van der Waals surface area contributed by atoms with E-state index in [0.29, 0.717) is 16.9 Å². The van der Waals surface area contributed by atoms with E-state index in [9.17, 15) is 18.0 Å². The van der Waals surface area contributed by atoms with E-state index in [2.05, 4.69) is 27.3 Å². The maximum Gasteiger partial charge on any atom is 0.416 e. The maximum absolute atomic E-state index is 12.9. The van der Waals surface area contributed by atoms with Crippen molar-refractivity contribution in [1.82, 2.24) is 14.8 Å². The van der Waals surface area contributed by atoms with E-state index in [4.69, 9.17) is 6.42 Å². The van der Waals surface area contributed by atoms with Crippen molar-refractivity contribution in [2.45, 2.75) is 66.1 Å². The summed E-state index contributed by atoms with van der Waals surface area (Å²) in [5.41, 5.74) is 0.444. The largest absolute Gasteiger partial charge is 0.465 e. The first-order chi connectivity index (χ1) is 15.5. The number of aromatic nitrogens is 3. The lowest BCUT2D eigenvalue weighted by atomic mass is 10.1. The van der Waals surface area contributed by atoms with Gasteiger partial charge in [0.05, 0.1) is 11.7 Å². The summed E-state index contributed by atoms with van der Waals surface area (Å²) in [6.45, 7) is 15.1. The minimum Gasteiger partial charge on any atom is -0.465 e. The van der Waals surface area contributed by atoms with Gasteiger partial charge in [-0.05, 0) is 57.7 Å². The molecule has 0 aliphatic rings. The molecule has 5 nitrogen and oxygen atoms in total. The van der Waals surface area contributed by atoms with Gasteiger partial charge in [0.25, 0.3) is 6.47 Å². The number of nitrogens with zero attached hydrogens (tertiary/aromatic N) is 3. The second-order valence-corrected chi connectivity index (χ2v) is 7.06. The molecule has 2 rings (SSSR count). The van der Waals surface area contributed by atoms with Crippen molar-refractivity contribution >= 4 is 24.4 Å². The number of carbonyl (C=O) groups is 1. The van der Waals surface area contributed by atoms with Crippen molar-refractivity contribution in [2.24, 2.45) is 0 Å². The summed E-state index contributed by atoms with van der Waals surface area (Å²) in [7, 11) is 0. The average Bonchev–Trinajstić information content (AvgIpc) is 3.24. The maximum atomic E-state index is 12.9. The number of hydrogen-bond donors (Lipinski definition) is 0. The minimum atomic E-state index is -4.38. The van der Waals surface area contributed by atoms with E-state index in [1.165, 1.54) is 22.8 Å². The van der Waals surface area contributed by atoms with Gasteiger partial charge < -0.3 is 4.74 Å². The Labute approximate surface area is 206 Å². The minimum absolute atomic E-state index is 0. The third-order valence-corrected chi connectivity index (χ3v) is 3.82. The summed E-state index contributed by atoms with van der Waals surface area (Å²) in [5.74, 6) is 2.60. The summed E-state index contributed by atoms with van der Waals surface area (Å²) in [6.07, 6.45) is 7.08. The lowest BCUT2D eigenvalue weighted by Gasteiger charge is -2.09. The Morgan fingerprint density at radius 1 is 1.29 bits per heavy atom. The lowest BCUT2D eigenvalue weighted by Crippen LogP contribution is -2.05. The summed E-state index contributed by atoms with van der Waals surface area (Å²) in [5, 5.41) is 4.11. The van der Waals surface area contributed by atoms with Gasteiger partial charge in [-0.2, -0.15) is 13.2 Å². The van der Waals surface area contributed by atoms with Gasteiger partial charge in [0, 0.05) is 16.7 Å². The third-order valence-electron chi connectivity index (χ3n) is 3.11. The van der Waals surface area contributed by atoms with E-state index in [0.717, 1.165) is 17.7 Å². The highest BCUT2D eigenvalue weighted by Crippen LogP contribution is 2.34. The van der Waals surface area contributed by atoms with Crippen LogP contribution in [0.3, 0.4) is 0 Å². The van der Waals surface area contributed by atoms with Gasteiger partial charge in [-0.15, -0.1) is 23.3 Å². The van der Waals surface area contributed by atoms with Crippen LogP contribution in [0.15, 0.2) is 47.6 Å². The highest BCUT2D eigenvalue weighted by Gasteiger charge is 2.31. The molecule has 0 saturated carbocycles. The van der Waals surface area contributed by atoms with Crippen LogP contribution in [0.4, 0.5) is 13.2 Å². The number of halogens is 3. The molecule has 0 atom stereocenters. The van der Waals surface area contributed by atoms with Crippen LogP contribution in [0.5, 0.6) is 0 Å². The van der Waals surface area contributed by atoms with Crippen molar-refractivity contribution in [2.75, 3.05) is 6.26 Å². The van der Waals surface area contributed by atoms with Crippen molar-refractivity contribution in [1.29, 1.82) is 0 Å². The molecule has 0 radical (unpaired) electrons. The number of ether oxygens (including phenoxy) is 1. The van der Waals surface area contributed by atoms with Crippen molar-refractivity contribution in [3.05, 3.63) is 48.3 Å². The molecule has 34 heavy (non-hydrogen) atoms. The molecule has 0 aliphatic carbocycles. The van der Waals surface area contributed by atoms with Crippen LogP contribution in [0.1, 0.15) is 54.5 Å². The number of thioether (sulfide) groups is 1. The summed E-state index contributed by atoms with van der Waals surface area (Å²) < 4.78 is 44.4. The fourth-order valence-electron chi connectivity index (χ4n) is 1.75. The number of hydrogen-bond acceptors (Lipinski definition) is 5. The van der Waals surface area contributed by atoms with E-state index in [1.807, 2.05) is 20.8 Å². The average molecular weight is 500 g/mol. The highest BCUT2D eigenvalue weighted by atomic mass is 32.2. The predicted molar refractivity (Wildman–Crippen MR) is 137 cm³/mol. The SMILES string of the molecule is C.C#CC(=C)C.C/C=C\n1cnc(-c2cc(SC)cc(C(F)(F)F)c2)n1.CC.CC(C)OC=O. The van der Waals surface area contributed by atoms with Crippen LogP contribution in [-0.4, -0.2) is 33.6 Å². The van der Waals surface area contributed by atoms with E-state index in [1.54, 1.807) is 45.4 Å². The number of benzene rings is 1. The topological polar surface area (TPSA) is 57.0 Å². The Morgan fingerprint density at radius 2 is 1.85 bits per heavy atom. The van der Waals surface area contributed by atoms with Gasteiger partial charge in [-0.25, -0.2) is 9.67 Å². The molecule has 2 aromatic rings. The van der Waals surface area contributed by atoms with Gasteiger partial charge in [0.15, 0.2) is 5.82 Å². The molecule has 190 valence electrons. The van der Waals surface area contributed by atoms with Crippen LogP contribution in [0, 0.1) is 12.3 Å². The number of allylic oxidation sites excluding steroid dienone is 2. The first-order valence-electron chi connectivity index (χ1n) is 10.00. The smallest absolute Gasteiger partial charge is 0.416 e. The zero-order chi connectivity index (χ0) is 26.0. The molecule has 0 spiro atoms. The molecular formula is C25H36F3N3O2S. The molecule has 0 unspecified atom stereocenters. The summed E-state index contributed by atoms with van der Waals surface area (Å²) >= 11 is 1.25. The van der Waals surface area contributed by atoms with Crippen molar-refractivity contribution in [3.63, 3.8) is 0 Å². The van der Waals surface area contributed by atoms with Gasteiger partial charge in [-0.1, -0.05) is 39.8 Å². The fraction of sp³-hybridized carbons (Fsp3) is 0.400. The molecule has 0 fully saturated rings. The Kier molecular flexibility index (Phi) is 20.4. The monoisotopic (exact) mass is 499 g/mol. The first-order valence-corrected chi connectivity index (χ1v) is 11.2. The van der Waals surface area contributed by atoms with Crippen LogP contribution >= 0.6 is 11.8 Å². The number of terminal acetylenes is 1. The number of alkyl halides is 3. The molecule has 1 heterocycles. The number of rotatable bonds is 5. The van der Waals surface area contributed by atoms with Crippen LogP contribution in [0.25, 0.3) is 17.6 Å². The molecule has 1 aromatic heterocycles. The quantitative estimate of drug-likeness (QED) is 0.241. The van der Waals surface area contributed by atoms with Crippen molar-refractivity contribution in [3.8, 4) is 23.7 Å². The molecule has 1 aromatic carbocycles. The fourth-order valence-corrected chi connectivity index (χ4v) is 2.24. The normalized spacial score (nSPS) is 9.71. The van der Waals surface area contributed by atoms with Gasteiger partial charge in [0.2, 0.25) is 0 Å². The summed E-state index contributed by atoms with van der Waals surface area (Å²) in [4.78, 5) is 13.9. The number of carbonyl (C=O) groups excluding carboxylic acids is 1. The molecule has 0 amide bonds. The molecule has 0 bridgehead atoms. The van der Waals surface area contributed by atoms with Crippen LogP contribution < -0.4 is 0 Å². The van der Waals surface area contributed by atoms with Gasteiger partial charge in [0.1, 0.15) is 6.33 Å². The van der Waals surface area contributed by atoms with Crippen molar-refractivity contribution < 1.29 is 22.7 Å².